The van der Waals surface area contributed by atoms with Gasteiger partial charge in [-0.15, -0.1) is 5.10 Å². The van der Waals surface area contributed by atoms with Crippen LogP contribution in [0.3, 0.4) is 0 Å². The minimum absolute atomic E-state index is 0.180. The van der Waals surface area contributed by atoms with Gasteiger partial charge < -0.3 is 4.52 Å². The number of hydrogen-bond donors (Lipinski definition) is 0. The molecule has 7 heteroatoms. The van der Waals surface area contributed by atoms with Gasteiger partial charge in [-0.05, 0) is 43.2 Å². The lowest BCUT2D eigenvalue weighted by molar-refractivity contribution is 0.430. The first-order valence-corrected chi connectivity index (χ1v) is 8.28. The molecule has 0 saturated carbocycles. The van der Waals surface area contributed by atoms with Crippen molar-refractivity contribution in [2.45, 2.75) is 20.3 Å². The average molecular weight is 349 g/mol. The highest BCUT2D eigenvalue weighted by Crippen LogP contribution is 2.25. The molecule has 0 unspecified atom stereocenters. The van der Waals surface area contributed by atoms with Crippen molar-refractivity contribution in [2.75, 3.05) is 0 Å². The summed E-state index contributed by atoms with van der Waals surface area (Å²) in [5, 5.41) is 12.2. The van der Waals surface area contributed by atoms with Gasteiger partial charge in [0.25, 0.3) is 5.89 Å². The fourth-order valence-electron chi connectivity index (χ4n) is 2.72. The van der Waals surface area contributed by atoms with Gasteiger partial charge >= 0.3 is 0 Å². The second-order valence-electron chi connectivity index (χ2n) is 5.86. The van der Waals surface area contributed by atoms with E-state index in [9.17, 15) is 4.39 Å². The van der Waals surface area contributed by atoms with Crippen LogP contribution in [0, 0.1) is 12.7 Å². The van der Waals surface area contributed by atoms with E-state index in [1.54, 1.807) is 22.9 Å². The van der Waals surface area contributed by atoms with Crippen molar-refractivity contribution in [3.8, 4) is 28.7 Å². The van der Waals surface area contributed by atoms with E-state index in [-0.39, 0.29) is 17.3 Å². The summed E-state index contributed by atoms with van der Waals surface area (Å²) in [5.74, 6) is -0.0206. The SMILES string of the molecule is CCc1ccc(-n2nnc(-c3nc(-c4ccccc4F)no3)c2C)cc1. The zero-order valence-corrected chi connectivity index (χ0v) is 14.3. The Kier molecular flexibility index (Phi) is 4.04. The van der Waals surface area contributed by atoms with Crippen LogP contribution in [-0.2, 0) is 6.42 Å². The monoisotopic (exact) mass is 349 g/mol. The highest BCUT2D eigenvalue weighted by atomic mass is 19.1. The van der Waals surface area contributed by atoms with Gasteiger partial charge in [-0.25, -0.2) is 9.07 Å². The lowest BCUT2D eigenvalue weighted by Crippen LogP contribution is -1.99. The topological polar surface area (TPSA) is 69.6 Å². The number of aromatic nitrogens is 5. The van der Waals surface area contributed by atoms with E-state index in [0.29, 0.717) is 5.69 Å². The van der Waals surface area contributed by atoms with Crippen LogP contribution in [0.2, 0.25) is 0 Å². The van der Waals surface area contributed by atoms with Crippen LogP contribution < -0.4 is 0 Å². The van der Waals surface area contributed by atoms with Gasteiger partial charge in [-0.3, -0.25) is 0 Å². The van der Waals surface area contributed by atoms with Gasteiger partial charge in [0.05, 0.1) is 16.9 Å². The van der Waals surface area contributed by atoms with Crippen molar-refractivity contribution >= 4 is 0 Å². The summed E-state index contributed by atoms with van der Waals surface area (Å²) < 4.78 is 20.9. The van der Waals surface area contributed by atoms with Crippen LogP contribution >= 0.6 is 0 Å². The Morgan fingerprint density at radius 1 is 1.08 bits per heavy atom. The quantitative estimate of drug-likeness (QED) is 0.557. The molecule has 0 N–H and O–H groups in total. The van der Waals surface area contributed by atoms with Crippen LogP contribution in [0.15, 0.2) is 53.1 Å². The normalized spacial score (nSPS) is 11.0. The van der Waals surface area contributed by atoms with E-state index in [4.69, 9.17) is 4.52 Å². The molecule has 0 spiro atoms. The number of halogens is 1. The fourth-order valence-corrected chi connectivity index (χ4v) is 2.72. The zero-order valence-electron chi connectivity index (χ0n) is 14.3. The summed E-state index contributed by atoms with van der Waals surface area (Å²) in [6.07, 6.45) is 0.975. The Hall–Kier alpha value is -3.35. The molecule has 0 bridgehead atoms. The van der Waals surface area contributed by atoms with E-state index in [2.05, 4.69) is 39.5 Å². The van der Waals surface area contributed by atoms with Gasteiger partial charge in [-0.2, -0.15) is 4.98 Å². The molecule has 4 rings (SSSR count). The van der Waals surface area contributed by atoms with Gasteiger partial charge in [0.2, 0.25) is 5.82 Å². The molecule has 0 aliphatic rings. The predicted octanol–water partition coefficient (Wildman–Crippen LogP) is 3.99. The van der Waals surface area contributed by atoms with Crippen molar-refractivity contribution in [3.05, 3.63) is 65.6 Å². The highest BCUT2D eigenvalue weighted by Gasteiger charge is 2.20. The lowest BCUT2D eigenvalue weighted by Gasteiger charge is -2.04. The fraction of sp³-hybridized carbons (Fsp3) is 0.158. The third kappa shape index (κ3) is 2.77. The number of nitrogens with zero attached hydrogens (tertiary/aromatic N) is 5. The number of benzene rings is 2. The summed E-state index contributed by atoms with van der Waals surface area (Å²) in [6.45, 7) is 3.98. The Morgan fingerprint density at radius 3 is 2.58 bits per heavy atom. The Labute approximate surface area is 149 Å². The molecule has 0 amide bonds. The second kappa shape index (κ2) is 6.51. The standard InChI is InChI=1S/C19H16FN5O/c1-3-13-8-10-14(11-9-13)25-12(2)17(22-24-25)19-21-18(23-26-19)15-6-4-5-7-16(15)20/h4-11H,3H2,1-2H3. The molecule has 26 heavy (non-hydrogen) atoms. The molecule has 0 atom stereocenters. The summed E-state index contributed by atoms with van der Waals surface area (Å²) in [6, 6.07) is 14.4. The van der Waals surface area contributed by atoms with Crippen LogP contribution in [0.4, 0.5) is 4.39 Å². The molecule has 0 fully saturated rings. The molecule has 2 aromatic carbocycles. The van der Waals surface area contributed by atoms with E-state index in [1.165, 1.54) is 11.6 Å². The van der Waals surface area contributed by atoms with Gasteiger partial charge in [-0.1, -0.05) is 41.6 Å². The van der Waals surface area contributed by atoms with Gasteiger partial charge in [0.1, 0.15) is 5.82 Å². The number of aryl methyl sites for hydroxylation is 1. The molecule has 2 heterocycles. The van der Waals surface area contributed by atoms with Crippen LogP contribution in [0.1, 0.15) is 18.2 Å². The Bertz CT molecular complexity index is 1050. The third-order valence-corrected chi connectivity index (χ3v) is 4.23. The first kappa shape index (κ1) is 16.1. The molecule has 0 aliphatic heterocycles. The van der Waals surface area contributed by atoms with Crippen LogP contribution in [0.25, 0.3) is 28.7 Å². The lowest BCUT2D eigenvalue weighted by atomic mass is 10.1. The molecule has 2 aromatic heterocycles. The third-order valence-electron chi connectivity index (χ3n) is 4.23. The Balaban J connectivity index is 1.69. The molecule has 130 valence electrons. The van der Waals surface area contributed by atoms with Crippen molar-refractivity contribution in [2.24, 2.45) is 0 Å². The molecule has 0 saturated heterocycles. The summed E-state index contributed by atoms with van der Waals surface area (Å²) in [4.78, 5) is 4.27. The molecular weight excluding hydrogens is 333 g/mol. The van der Waals surface area contributed by atoms with Crippen molar-refractivity contribution in [1.82, 2.24) is 25.1 Å². The summed E-state index contributed by atoms with van der Waals surface area (Å²) >= 11 is 0. The summed E-state index contributed by atoms with van der Waals surface area (Å²) in [7, 11) is 0. The molecule has 0 aliphatic carbocycles. The minimum atomic E-state index is -0.406. The van der Waals surface area contributed by atoms with Crippen molar-refractivity contribution in [1.29, 1.82) is 0 Å². The van der Waals surface area contributed by atoms with E-state index < -0.39 is 5.82 Å². The second-order valence-corrected chi connectivity index (χ2v) is 5.86. The van der Waals surface area contributed by atoms with E-state index in [1.807, 2.05) is 19.1 Å². The van der Waals surface area contributed by atoms with Gasteiger partial charge in [0.15, 0.2) is 5.69 Å². The van der Waals surface area contributed by atoms with Crippen LogP contribution in [-0.4, -0.2) is 25.1 Å². The van der Waals surface area contributed by atoms with Crippen molar-refractivity contribution in [3.63, 3.8) is 0 Å². The van der Waals surface area contributed by atoms with Gasteiger partial charge in [0, 0.05) is 0 Å². The maximum atomic E-state index is 13.9. The highest BCUT2D eigenvalue weighted by molar-refractivity contribution is 5.59. The number of rotatable bonds is 4. The maximum Gasteiger partial charge on any atom is 0.280 e. The predicted molar refractivity (Wildman–Crippen MR) is 94.2 cm³/mol. The zero-order chi connectivity index (χ0) is 18.1. The number of hydrogen-bond acceptors (Lipinski definition) is 5. The molecule has 0 radical (unpaired) electrons. The largest absolute Gasteiger partial charge is 0.332 e. The molecule has 4 aromatic rings. The smallest absolute Gasteiger partial charge is 0.280 e. The Morgan fingerprint density at radius 2 is 1.85 bits per heavy atom. The van der Waals surface area contributed by atoms with E-state index >= 15 is 0 Å². The molecular formula is C19H16FN5O. The maximum absolute atomic E-state index is 13.9. The van der Waals surface area contributed by atoms with E-state index in [0.717, 1.165) is 17.8 Å². The van der Waals surface area contributed by atoms with Crippen molar-refractivity contribution < 1.29 is 8.91 Å². The average Bonchev–Trinajstić information content (AvgIpc) is 3.29. The first-order valence-electron chi connectivity index (χ1n) is 8.28. The molecule has 6 nitrogen and oxygen atoms in total. The van der Waals surface area contributed by atoms with Crippen LogP contribution in [0.5, 0.6) is 0 Å². The first-order chi connectivity index (χ1) is 12.7. The minimum Gasteiger partial charge on any atom is -0.332 e. The summed E-state index contributed by atoms with van der Waals surface area (Å²) in [5.41, 5.74) is 3.66.